The quantitative estimate of drug-likeness (QED) is 0.589. The average Bonchev–Trinajstić information content (AvgIpc) is 2.09. The third-order valence-corrected chi connectivity index (χ3v) is 2.70. The summed E-state index contributed by atoms with van der Waals surface area (Å²) in [5, 5.41) is 3.44. The van der Waals surface area contributed by atoms with E-state index in [4.69, 9.17) is 0 Å². The monoisotopic (exact) mass is 189 g/mol. The van der Waals surface area contributed by atoms with Crippen LogP contribution in [-0.4, -0.2) is 25.1 Å². The highest BCUT2D eigenvalue weighted by molar-refractivity contribution is 7.98. The molecule has 0 aromatic heterocycles. The lowest BCUT2D eigenvalue weighted by Gasteiger charge is -2.10. The van der Waals surface area contributed by atoms with Gasteiger partial charge in [0.2, 0.25) is 0 Å². The number of rotatable bonds is 8. The van der Waals surface area contributed by atoms with Gasteiger partial charge in [-0.05, 0) is 50.3 Å². The molecule has 0 radical (unpaired) electrons. The number of hydrogen-bond donors (Lipinski definition) is 1. The van der Waals surface area contributed by atoms with Crippen molar-refractivity contribution in [2.24, 2.45) is 5.92 Å². The second-order valence-corrected chi connectivity index (χ2v) is 4.41. The van der Waals surface area contributed by atoms with Crippen LogP contribution in [0.15, 0.2) is 0 Å². The highest BCUT2D eigenvalue weighted by Crippen LogP contribution is 2.09. The predicted octanol–water partition coefficient (Wildman–Crippen LogP) is 2.77. The van der Waals surface area contributed by atoms with Gasteiger partial charge in [-0.15, -0.1) is 0 Å². The Kier molecular flexibility index (Phi) is 9.64. The van der Waals surface area contributed by atoms with Crippen molar-refractivity contribution >= 4 is 11.8 Å². The molecule has 0 aromatic carbocycles. The van der Waals surface area contributed by atoms with Crippen molar-refractivity contribution in [1.29, 1.82) is 0 Å². The molecule has 0 aliphatic heterocycles. The first-order valence-corrected chi connectivity index (χ1v) is 6.40. The van der Waals surface area contributed by atoms with Crippen molar-refractivity contribution in [1.82, 2.24) is 5.32 Å². The van der Waals surface area contributed by atoms with Crippen molar-refractivity contribution in [3.63, 3.8) is 0 Å². The van der Waals surface area contributed by atoms with Crippen molar-refractivity contribution in [3.05, 3.63) is 0 Å². The van der Waals surface area contributed by atoms with Crippen molar-refractivity contribution in [2.75, 3.05) is 25.1 Å². The van der Waals surface area contributed by atoms with Gasteiger partial charge in [0.15, 0.2) is 0 Å². The van der Waals surface area contributed by atoms with Crippen molar-refractivity contribution in [2.45, 2.75) is 33.1 Å². The van der Waals surface area contributed by atoms with E-state index in [2.05, 4.69) is 25.4 Å². The molecule has 0 aliphatic carbocycles. The van der Waals surface area contributed by atoms with Gasteiger partial charge in [0.1, 0.15) is 0 Å². The summed E-state index contributed by atoms with van der Waals surface area (Å²) in [6.07, 6.45) is 6.14. The molecular formula is C10H23NS. The van der Waals surface area contributed by atoms with E-state index < -0.39 is 0 Å². The lowest BCUT2D eigenvalue weighted by molar-refractivity contribution is 0.491. The third kappa shape index (κ3) is 8.41. The van der Waals surface area contributed by atoms with E-state index in [1.807, 2.05) is 11.8 Å². The Balaban J connectivity index is 3.02. The first-order valence-electron chi connectivity index (χ1n) is 5.00. The molecular weight excluding hydrogens is 166 g/mol. The van der Waals surface area contributed by atoms with Crippen LogP contribution in [-0.2, 0) is 0 Å². The fraction of sp³-hybridized carbons (Fsp3) is 1.00. The van der Waals surface area contributed by atoms with Gasteiger partial charge >= 0.3 is 0 Å². The fourth-order valence-electron chi connectivity index (χ4n) is 1.11. The van der Waals surface area contributed by atoms with Gasteiger partial charge in [-0.1, -0.05) is 13.8 Å². The number of hydrogen-bond acceptors (Lipinski definition) is 2. The second kappa shape index (κ2) is 9.40. The van der Waals surface area contributed by atoms with Crippen LogP contribution in [0.4, 0.5) is 0 Å². The number of nitrogens with one attached hydrogen (secondary N) is 1. The van der Waals surface area contributed by atoms with Crippen molar-refractivity contribution < 1.29 is 0 Å². The summed E-state index contributed by atoms with van der Waals surface area (Å²) in [4.78, 5) is 0. The van der Waals surface area contributed by atoms with Crippen LogP contribution in [0.5, 0.6) is 0 Å². The maximum absolute atomic E-state index is 3.44. The first-order chi connectivity index (χ1) is 5.81. The van der Waals surface area contributed by atoms with E-state index in [0.29, 0.717) is 0 Å². The normalized spacial score (nSPS) is 13.2. The molecule has 0 spiro atoms. The van der Waals surface area contributed by atoms with Crippen LogP contribution < -0.4 is 5.32 Å². The Labute approximate surface area is 81.7 Å². The van der Waals surface area contributed by atoms with E-state index in [9.17, 15) is 0 Å². The molecule has 0 amide bonds. The van der Waals surface area contributed by atoms with Crippen LogP contribution >= 0.6 is 11.8 Å². The molecule has 12 heavy (non-hydrogen) atoms. The summed E-state index contributed by atoms with van der Waals surface area (Å²) in [5.74, 6) is 2.20. The van der Waals surface area contributed by atoms with E-state index in [1.165, 1.54) is 38.1 Å². The van der Waals surface area contributed by atoms with Gasteiger partial charge in [0.05, 0.1) is 0 Å². The standard InChI is InChI=1S/C10H23NS/c1-4-7-11-8-5-10(2)6-9-12-3/h10-11H,4-9H2,1-3H3. The van der Waals surface area contributed by atoms with Gasteiger partial charge in [-0.3, -0.25) is 0 Å². The summed E-state index contributed by atoms with van der Waals surface area (Å²) < 4.78 is 0. The minimum absolute atomic E-state index is 0.891. The maximum Gasteiger partial charge on any atom is -0.00464 e. The minimum Gasteiger partial charge on any atom is -0.317 e. The highest BCUT2D eigenvalue weighted by Gasteiger charge is 1.99. The van der Waals surface area contributed by atoms with Crippen LogP contribution in [0.2, 0.25) is 0 Å². The van der Waals surface area contributed by atoms with E-state index in [0.717, 1.165) is 5.92 Å². The molecule has 1 nitrogen and oxygen atoms in total. The lowest BCUT2D eigenvalue weighted by Crippen LogP contribution is -2.18. The largest absolute Gasteiger partial charge is 0.317 e. The summed E-state index contributed by atoms with van der Waals surface area (Å²) in [5.41, 5.74) is 0. The first kappa shape index (κ1) is 12.3. The molecule has 0 aliphatic rings. The van der Waals surface area contributed by atoms with Crippen LogP contribution in [0.3, 0.4) is 0 Å². The SMILES string of the molecule is CCCNCCC(C)CCSC. The Morgan fingerprint density at radius 1 is 1.25 bits per heavy atom. The van der Waals surface area contributed by atoms with E-state index in [-0.39, 0.29) is 0 Å². The molecule has 2 heteroatoms. The molecule has 0 rings (SSSR count). The molecule has 1 N–H and O–H groups in total. The van der Waals surface area contributed by atoms with Gasteiger partial charge in [0, 0.05) is 0 Å². The average molecular weight is 189 g/mol. The van der Waals surface area contributed by atoms with Gasteiger partial charge in [-0.25, -0.2) is 0 Å². The zero-order valence-corrected chi connectivity index (χ0v) is 9.54. The summed E-state index contributed by atoms with van der Waals surface area (Å²) in [6.45, 7) is 6.94. The molecule has 0 heterocycles. The molecule has 1 atom stereocenters. The third-order valence-electron chi connectivity index (χ3n) is 2.06. The zero-order valence-electron chi connectivity index (χ0n) is 8.73. The zero-order chi connectivity index (χ0) is 9.23. The fourth-order valence-corrected chi connectivity index (χ4v) is 1.75. The Morgan fingerprint density at radius 2 is 2.00 bits per heavy atom. The predicted molar refractivity (Wildman–Crippen MR) is 59.9 cm³/mol. The lowest BCUT2D eigenvalue weighted by atomic mass is 10.1. The molecule has 1 unspecified atom stereocenters. The minimum atomic E-state index is 0.891. The van der Waals surface area contributed by atoms with Gasteiger partial charge in [0.25, 0.3) is 0 Å². The van der Waals surface area contributed by atoms with Crippen LogP contribution in [0.1, 0.15) is 33.1 Å². The Bertz CT molecular complexity index is 85.9. The van der Waals surface area contributed by atoms with Gasteiger partial charge in [-0.2, -0.15) is 11.8 Å². The summed E-state index contributed by atoms with van der Waals surface area (Å²) in [7, 11) is 0. The second-order valence-electron chi connectivity index (χ2n) is 3.43. The van der Waals surface area contributed by atoms with Crippen molar-refractivity contribution in [3.8, 4) is 0 Å². The smallest absolute Gasteiger partial charge is 0.00464 e. The molecule has 0 aromatic rings. The molecule has 0 saturated heterocycles. The summed E-state index contributed by atoms with van der Waals surface area (Å²) >= 11 is 1.95. The number of thioether (sulfide) groups is 1. The molecule has 0 fully saturated rings. The van der Waals surface area contributed by atoms with E-state index >= 15 is 0 Å². The molecule has 74 valence electrons. The Hall–Kier alpha value is 0.310. The topological polar surface area (TPSA) is 12.0 Å². The maximum atomic E-state index is 3.44. The van der Waals surface area contributed by atoms with Gasteiger partial charge < -0.3 is 5.32 Å². The molecule has 0 bridgehead atoms. The van der Waals surface area contributed by atoms with Crippen LogP contribution in [0.25, 0.3) is 0 Å². The highest BCUT2D eigenvalue weighted by atomic mass is 32.2. The van der Waals surface area contributed by atoms with Crippen LogP contribution in [0, 0.1) is 5.92 Å². The Morgan fingerprint density at radius 3 is 2.58 bits per heavy atom. The van der Waals surface area contributed by atoms with E-state index in [1.54, 1.807) is 0 Å². The molecule has 0 saturated carbocycles. The summed E-state index contributed by atoms with van der Waals surface area (Å²) in [6, 6.07) is 0.